The number of hydrogen-bond acceptors (Lipinski definition) is 7. The number of benzene rings is 1. The molecule has 1 saturated heterocycles. The molecule has 0 spiro atoms. The lowest BCUT2D eigenvalue weighted by Crippen LogP contribution is -2.31. The molecule has 1 aromatic carbocycles. The summed E-state index contributed by atoms with van der Waals surface area (Å²) in [6.07, 6.45) is 4.81. The maximum Gasteiger partial charge on any atom is 0.305 e. The molecule has 132 valence electrons. The van der Waals surface area contributed by atoms with Gasteiger partial charge < -0.3 is 10.1 Å². The standard InChI is InChI=1S/C17H21N5O3/c1-25-15-6-4-5-13(9-15)16(21-7-2-3-8-21)12-20-17-18-10-14(11-19-17)22(23)24/h4-6,9-11,16H,2-3,7-8,12H2,1H3,(H,18,19,20). The first kappa shape index (κ1) is 17.1. The number of nitro groups is 1. The van der Waals surface area contributed by atoms with Crippen molar-refractivity contribution in [3.05, 3.63) is 52.3 Å². The average Bonchev–Trinajstić information content (AvgIpc) is 3.17. The molecule has 1 unspecified atom stereocenters. The highest BCUT2D eigenvalue weighted by molar-refractivity contribution is 5.34. The first-order chi connectivity index (χ1) is 12.2. The van der Waals surface area contributed by atoms with E-state index in [0.29, 0.717) is 12.5 Å². The van der Waals surface area contributed by atoms with Gasteiger partial charge in [-0.3, -0.25) is 15.0 Å². The Morgan fingerprint density at radius 3 is 2.68 bits per heavy atom. The Bertz CT molecular complexity index is 716. The zero-order chi connectivity index (χ0) is 17.6. The smallest absolute Gasteiger partial charge is 0.305 e. The Kier molecular flexibility index (Phi) is 5.39. The molecule has 8 nitrogen and oxygen atoms in total. The number of nitrogens with one attached hydrogen (secondary N) is 1. The summed E-state index contributed by atoms with van der Waals surface area (Å²) in [6.45, 7) is 2.71. The van der Waals surface area contributed by atoms with Gasteiger partial charge in [0, 0.05) is 6.54 Å². The molecule has 0 bridgehead atoms. The summed E-state index contributed by atoms with van der Waals surface area (Å²) in [5, 5.41) is 13.9. The number of nitrogens with zero attached hydrogens (tertiary/aromatic N) is 4. The van der Waals surface area contributed by atoms with Gasteiger partial charge in [-0.2, -0.15) is 0 Å². The van der Waals surface area contributed by atoms with Crippen molar-refractivity contribution in [2.24, 2.45) is 0 Å². The number of hydrogen-bond donors (Lipinski definition) is 1. The van der Waals surface area contributed by atoms with Crippen molar-refractivity contribution in [3.63, 3.8) is 0 Å². The van der Waals surface area contributed by atoms with Crippen molar-refractivity contribution in [2.75, 3.05) is 32.1 Å². The molecule has 2 heterocycles. The van der Waals surface area contributed by atoms with E-state index in [0.717, 1.165) is 24.4 Å². The lowest BCUT2D eigenvalue weighted by atomic mass is 10.1. The third-order valence-corrected chi connectivity index (χ3v) is 4.36. The Balaban J connectivity index is 1.74. The van der Waals surface area contributed by atoms with E-state index >= 15 is 0 Å². The molecular formula is C17H21N5O3. The Morgan fingerprint density at radius 1 is 1.32 bits per heavy atom. The maximum atomic E-state index is 10.7. The molecule has 25 heavy (non-hydrogen) atoms. The SMILES string of the molecule is COc1cccc(C(CNc2ncc([N+](=O)[O-])cn2)N2CCCC2)c1. The Labute approximate surface area is 146 Å². The second kappa shape index (κ2) is 7.89. The van der Waals surface area contributed by atoms with E-state index in [1.165, 1.54) is 25.2 Å². The zero-order valence-corrected chi connectivity index (χ0v) is 14.1. The van der Waals surface area contributed by atoms with Crippen LogP contribution in [-0.4, -0.2) is 46.5 Å². The molecule has 1 aliphatic rings. The Hall–Kier alpha value is -2.74. The van der Waals surface area contributed by atoms with Gasteiger partial charge in [-0.15, -0.1) is 0 Å². The minimum atomic E-state index is -0.507. The summed E-state index contributed by atoms with van der Waals surface area (Å²) in [7, 11) is 1.66. The summed E-state index contributed by atoms with van der Waals surface area (Å²) in [5.41, 5.74) is 1.05. The zero-order valence-electron chi connectivity index (χ0n) is 14.1. The number of likely N-dealkylation sites (tertiary alicyclic amines) is 1. The number of methoxy groups -OCH3 is 1. The molecule has 1 atom stereocenters. The molecule has 1 aromatic heterocycles. The normalized spacial score (nSPS) is 15.7. The van der Waals surface area contributed by atoms with Crippen LogP contribution < -0.4 is 10.1 Å². The summed E-state index contributed by atoms with van der Waals surface area (Å²) >= 11 is 0. The quantitative estimate of drug-likeness (QED) is 0.610. The van der Waals surface area contributed by atoms with Crippen LogP contribution in [0.25, 0.3) is 0 Å². The predicted octanol–water partition coefficient (Wildman–Crippen LogP) is 2.64. The van der Waals surface area contributed by atoms with Gasteiger partial charge in [-0.05, 0) is 43.6 Å². The molecule has 1 fully saturated rings. The van der Waals surface area contributed by atoms with Gasteiger partial charge in [0.1, 0.15) is 18.1 Å². The fourth-order valence-corrected chi connectivity index (χ4v) is 3.05. The van der Waals surface area contributed by atoms with Crippen molar-refractivity contribution in [1.29, 1.82) is 0 Å². The fourth-order valence-electron chi connectivity index (χ4n) is 3.05. The highest BCUT2D eigenvalue weighted by Gasteiger charge is 2.24. The van der Waals surface area contributed by atoms with E-state index in [9.17, 15) is 10.1 Å². The molecule has 0 saturated carbocycles. The van der Waals surface area contributed by atoms with E-state index in [1.807, 2.05) is 18.2 Å². The number of anilines is 1. The predicted molar refractivity (Wildman–Crippen MR) is 93.7 cm³/mol. The van der Waals surface area contributed by atoms with Gasteiger partial charge >= 0.3 is 5.69 Å². The van der Waals surface area contributed by atoms with Gasteiger partial charge in [0.15, 0.2) is 0 Å². The van der Waals surface area contributed by atoms with Gasteiger partial charge in [0.25, 0.3) is 0 Å². The van der Waals surface area contributed by atoms with Gasteiger partial charge in [-0.25, -0.2) is 9.97 Å². The maximum absolute atomic E-state index is 10.7. The second-order valence-electron chi connectivity index (χ2n) is 5.94. The minimum absolute atomic E-state index is 0.116. The van der Waals surface area contributed by atoms with E-state index in [2.05, 4.69) is 26.3 Å². The molecule has 8 heteroatoms. The molecule has 3 rings (SSSR count). The monoisotopic (exact) mass is 343 g/mol. The topological polar surface area (TPSA) is 93.4 Å². The van der Waals surface area contributed by atoms with Gasteiger partial charge in [-0.1, -0.05) is 12.1 Å². The summed E-state index contributed by atoms with van der Waals surface area (Å²) in [4.78, 5) is 20.6. The van der Waals surface area contributed by atoms with E-state index in [4.69, 9.17) is 4.74 Å². The molecule has 1 aliphatic heterocycles. The first-order valence-corrected chi connectivity index (χ1v) is 8.25. The molecule has 1 N–H and O–H groups in total. The Morgan fingerprint density at radius 2 is 2.04 bits per heavy atom. The van der Waals surface area contributed by atoms with Crippen LogP contribution in [0.5, 0.6) is 5.75 Å². The molecule has 0 radical (unpaired) electrons. The van der Waals surface area contributed by atoms with Crippen LogP contribution in [0.2, 0.25) is 0 Å². The van der Waals surface area contributed by atoms with E-state index in [-0.39, 0.29) is 11.7 Å². The highest BCUT2D eigenvalue weighted by Crippen LogP contribution is 2.27. The summed E-state index contributed by atoms with van der Waals surface area (Å²) in [6, 6.07) is 8.21. The molecule has 0 amide bonds. The van der Waals surface area contributed by atoms with Crippen LogP contribution in [0.3, 0.4) is 0 Å². The van der Waals surface area contributed by atoms with Crippen molar-refractivity contribution in [1.82, 2.24) is 14.9 Å². The molecule has 2 aromatic rings. The summed E-state index contributed by atoms with van der Waals surface area (Å²) in [5.74, 6) is 1.21. The highest BCUT2D eigenvalue weighted by atomic mass is 16.6. The van der Waals surface area contributed by atoms with Crippen LogP contribution in [0, 0.1) is 10.1 Å². The third-order valence-electron chi connectivity index (χ3n) is 4.36. The average molecular weight is 343 g/mol. The van der Waals surface area contributed by atoms with Crippen molar-refractivity contribution in [2.45, 2.75) is 18.9 Å². The molecular weight excluding hydrogens is 322 g/mol. The van der Waals surface area contributed by atoms with Crippen LogP contribution in [0.15, 0.2) is 36.7 Å². The van der Waals surface area contributed by atoms with E-state index < -0.39 is 4.92 Å². The third kappa shape index (κ3) is 4.21. The largest absolute Gasteiger partial charge is 0.497 e. The molecule has 0 aliphatic carbocycles. The first-order valence-electron chi connectivity index (χ1n) is 8.25. The van der Waals surface area contributed by atoms with Crippen LogP contribution in [0.1, 0.15) is 24.4 Å². The summed E-state index contributed by atoms with van der Waals surface area (Å²) < 4.78 is 5.34. The lowest BCUT2D eigenvalue weighted by Gasteiger charge is -2.28. The van der Waals surface area contributed by atoms with Gasteiger partial charge in [0.2, 0.25) is 5.95 Å². The van der Waals surface area contributed by atoms with Crippen LogP contribution in [-0.2, 0) is 0 Å². The van der Waals surface area contributed by atoms with Crippen LogP contribution in [0.4, 0.5) is 11.6 Å². The van der Waals surface area contributed by atoms with Crippen molar-refractivity contribution >= 4 is 11.6 Å². The second-order valence-corrected chi connectivity index (χ2v) is 5.94. The number of rotatable bonds is 7. The lowest BCUT2D eigenvalue weighted by molar-refractivity contribution is -0.385. The number of ether oxygens (including phenoxy) is 1. The van der Waals surface area contributed by atoms with Gasteiger partial charge in [0.05, 0.1) is 18.1 Å². The fraction of sp³-hybridized carbons (Fsp3) is 0.412. The minimum Gasteiger partial charge on any atom is -0.497 e. The van der Waals surface area contributed by atoms with Crippen molar-refractivity contribution in [3.8, 4) is 5.75 Å². The van der Waals surface area contributed by atoms with Crippen LogP contribution >= 0.6 is 0 Å². The number of aromatic nitrogens is 2. The van der Waals surface area contributed by atoms with E-state index in [1.54, 1.807) is 7.11 Å². The van der Waals surface area contributed by atoms with Crippen molar-refractivity contribution < 1.29 is 9.66 Å².